The summed E-state index contributed by atoms with van der Waals surface area (Å²) < 4.78 is 1.99. The minimum absolute atomic E-state index is 0.857. The molecule has 0 aliphatic rings. The van der Waals surface area contributed by atoms with Crippen molar-refractivity contribution >= 4 is 21.8 Å². The van der Waals surface area contributed by atoms with E-state index in [0.717, 1.165) is 16.7 Å². The third kappa shape index (κ3) is 1.52. The zero-order chi connectivity index (χ0) is 12.7. The first-order valence-electron chi connectivity index (χ1n) is 6.12. The van der Waals surface area contributed by atoms with Gasteiger partial charge in [0.05, 0.1) is 17.4 Å². The van der Waals surface area contributed by atoms with Crippen molar-refractivity contribution in [2.75, 3.05) is 0 Å². The lowest BCUT2D eigenvalue weighted by molar-refractivity contribution is 1.09. The van der Waals surface area contributed by atoms with Gasteiger partial charge in [-0.2, -0.15) is 0 Å². The van der Waals surface area contributed by atoms with Gasteiger partial charge >= 0.3 is 0 Å². The lowest BCUT2D eigenvalue weighted by Crippen LogP contribution is -1.93. The number of imidazole rings is 1. The Balaban J connectivity index is 2.10. The second-order valence-corrected chi connectivity index (χ2v) is 4.41. The summed E-state index contributed by atoms with van der Waals surface area (Å²) in [4.78, 5) is 8.36. The molecule has 3 heteroatoms. The highest BCUT2D eigenvalue weighted by atomic mass is 15.1. The van der Waals surface area contributed by atoms with Gasteiger partial charge in [0.2, 0.25) is 0 Å². The van der Waals surface area contributed by atoms with Crippen LogP contribution in [0.2, 0.25) is 0 Å². The van der Waals surface area contributed by atoms with Crippen LogP contribution in [-0.4, -0.2) is 14.5 Å². The summed E-state index contributed by atoms with van der Waals surface area (Å²) in [6.45, 7) is 0. The highest BCUT2D eigenvalue weighted by Crippen LogP contribution is 2.24. The maximum Gasteiger partial charge on any atom is 0.182 e. The SMILES string of the molecule is [c]1nc2cnccc2n1-c1cccc2ccccc12. The average Bonchev–Trinajstić information content (AvgIpc) is 2.90. The Hall–Kier alpha value is -2.68. The molecule has 0 atom stereocenters. The van der Waals surface area contributed by atoms with Crippen LogP contribution in [0.25, 0.3) is 27.5 Å². The monoisotopic (exact) mass is 244 g/mol. The van der Waals surface area contributed by atoms with Crippen molar-refractivity contribution in [3.63, 3.8) is 0 Å². The van der Waals surface area contributed by atoms with Gasteiger partial charge < -0.3 is 0 Å². The Bertz CT molecular complexity index is 872. The zero-order valence-electron chi connectivity index (χ0n) is 10.1. The van der Waals surface area contributed by atoms with Crippen LogP contribution in [0, 0.1) is 6.33 Å². The summed E-state index contributed by atoms with van der Waals surface area (Å²) in [5.74, 6) is 0. The standard InChI is InChI=1S/C16H10N3/c1-2-6-13-12(4-1)5-3-7-15(13)19-11-18-14-10-17-9-8-16(14)19/h1-10H. The third-order valence-electron chi connectivity index (χ3n) is 3.30. The Kier molecular flexibility index (Phi) is 2.12. The van der Waals surface area contributed by atoms with Crippen LogP contribution in [0.3, 0.4) is 0 Å². The number of fused-ring (bicyclic) bond motifs is 2. The molecular weight excluding hydrogens is 234 g/mol. The Morgan fingerprint density at radius 1 is 0.947 bits per heavy atom. The molecule has 0 bridgehead atoms. The van der Waals surface area contributed by atoms with Crippen molar-refractivity contribution in [1.29, 1.82) is 0 Å². The van der Waals surface area contributed by atoms with Crippen LogP contribution in [0.15, 0.2) is 60.9 Å². The number of hydrogen-bond acceptors (Lipinski definition) is 2. The fourth-order valence-corrected chi connectivity index (χ4v) is 2.40. The molecule has 0 aliphatic carbocycles. The highest BCUT2D eigenvalue weighted by molar-refractivity contribution is 5.92. The van der Waals surface area contributed by atoms with Crippen LogP contribution in [0.1, 0.15) is 0 Å². The lowest BCUT2D eigenvalue weighted by Gasteiger charge is -2.07. The molecule has 2 heterocycles. The van der Waals surface area contributed by atoms with E-state index in [2.05, 4.69) is 46.6 Å². The van der Waals surface area contributed by atoms with Gasteiger partial charge in [-0.3, -0.25) is 9.55 Å². The number of pyridine rings is 1. The van der Waals surface area contributed by atoms with Gasteiger partial charge in [-0.05, 0) is 17.5 Å². The average molecular weight is 244 g/mol. The maximum atomic E-state index is 4.28. The summed E-state index contributed by atoms with van der Waals surface area (Å²) >= 11 is 0. The molecule has 0 fully saturated rings. The molecule has 0 aliphatic heterocycles. The molecule has 0 spiro atoms. The van der Waals surface area contributed by atoms with Gasteiger partial charge in [0.1, 0.15) is 5.52 Å². The van der Waals surface area contributed by atoms with E-state index in [0.29, 0.717) is 0 Å². The van der Waals surface area contributed by atoms with E-state index in [4.69, 9.17) is 0 Å². The van der Waals surface area contributed by atoms with Gasteiger partial charge in [0, 0.05) is 11.6 Å². The summed E-state index contributed by atoms with van der Waals surface area (Å²) in [7, 11) is 0. The number of hydrogen-bond donors (Lipinski definition) is 0. The van der Waals surface area contributed by atoms with Crippen LogP contribution >= 0.6 is 0 Å². The number of benzene rings is 2. The Labute approximate surface area is 110 Å². The molecule has 4 rings (SSSR count). The molecule has 2 aromatic heterocycles. The lowest BCUT2D eigenvalue weighted by atomic mass is 10.1. The number of rotatable bonds is 1. The quantitative estimate of drug-likeness (QED) is 0.514. The molecule has 0 saturated heterocycles. The Morgan fingerprint density at radius 2 is 1.84 bits per heavy atom. The molecule has 89 valence electrons. The molecule has 2 aromatic carbocycles. The largest absolute Gasteiger partial charge is 0.289 e. The van der Waals surface area contributed by atoms with Crippen LogP contribution in [-0.2, 0) is 0 Å². The van der Waals surface area contributed by atoms with E-state index in [1.807, 2.05) is 22.8 Å². The molecule has 4 aromatic rings. The highest BCUT2D eigenvalue weighted by Gasteiger charge is 2.07. The molecule has 0 amide bonds. The van der Waals surface area contributed by atoms with Gasteiger partial charge in [0.25, 0.3) is 0 Å². The van der Waals surface area contributed by atoms with Gasteiger partial charge in [-0.25, -0.2) is 4.98 Å². The van der Waals surface area contributed by atoms with Crippen molar-refractivity contribution in [2.24, 2.45) is 0 Å². The van der Waals surface area contributed by atoms with E-state index in [1.165, 1.54) is 10.8 Å². The van der Waals surface area contributed by atoms with Crippen LogP contribution < -0.4 is 0 Å². The second-order valence-electron chi connectivity index (χ2n) is 4.41. The first-order valence-corrected chi connectivity index (χ1v) is 6.12. The summed E-state index contributed by atoms with van der Waals surface area (Å²) in [5, 5.41) is 2.40. The van der Waals surface area contributed by atoms with E-state index in [1.54, 1.807) is 12.4 Å². The normalized spacial score (nSPS) is 11.2. The molecule has 0 saturated carbocycles. The maximum absolute atomic E-state index is 4.28. The second kappa shape index (κ2) is 3.92. The van der Waals surface area contributed by atoms with Crippen molar-refractivity contribution in [3.05, 3.63) is 67.3 Å². The van der Waals surface area contributed by atoms with E-state index < -0.39 is 0 Å². The van der Waals surface area contributed by atoms with Crippen molar-refractivity contribution in [3.8, 4) is 5.69 Å². The summed E-state index contributed by atoms with van der Waals surface area (Å²) in [5.41, 5.74) is 2.97. The third-order valence-corrected chi connectivity index (χ3v) is 3.30. The van der Waals surface area contributed by atoms with Gasteiger partial charge in [-0.1, -0.05) is 36.4 Å². The number of aromatic nitrogens is 3. The van der Waals surface area contributed by atoms with E-state index in [9.17, 15) is 0 Å². The minimum atomic E-state index is 0.857. The molecule has 0 N–H and O–H groups in total. The van der Waals surface area contributed by atoms with Crippen LogP contribution in [0.4, 0.5) is 0 Å². The topological polar surface area (TPSA) is 30.7 Å². The minimum Gasteiger partial charge on any atom is -0.289 e. The first-order chi connectivity index (χ1) is 9.43. The zero-order valence-corrected chi connectivity index (χ0v) is 10.1. The smallest absolute Gasteiger partial charge is 0.182 e. The fourth-order valence-electron chi connectivity index (χ4n) is 2.40. The fraction of sp³-hybridized carbons (Fsp3) is 0. The molecule has 3 nitrogen and oxygen atoms in total. The summed E-state index contributed by atoms with van der Waals surface area (Å²) in [6, 6.07) is 16.5. The summed E-state index contributed by atoms with van der Waals surface area (Å²) in [6.07, 6.45) is 6.58. The first kappa shape index (κ1) is 10.3. The predicted molar refractivity (Wildman–Crippen MR) is 75.2 cm³/mol. The molecule has 0 unspecified atom stereocenters. The number of nitrogens with zero attached hydrogens (tertiary/aromatic N) is 3. The molecule has 1 radical (unpaired) electrons. The van der Waals surface area contributed by atoms with Crippen LogP contribution in [0.5, 0.6) is 0 Å². The van der Waals surface area contributed by atoms with Crippen molar-refractivity contribution < 1.29 is 0 Å². The Morgan fingerprint density at radius 3 is 2.84 bits per heavy atom. The molecular formula is C16H10N3. The molecule has 19 heavy (non-hydrogen) atoms. The predicted octanol–water partition coefficient (Wildman–Crippen LogP) is 3.37. The van der Waals surface area contributed by atoms with Gasteiger partial charge in [0.15, 0.2) is 6.33 Å². The van der Waals surface area contributed by atoms with E-state index in [-0.39, 0.29) is 0 Å². The van der Waals surface area contributed by atoms with Crippen molar-refractivity contribution in [1.82, 2.24) is 14.5 Å². The van der Waals surface area contributed by atoms with Gasteiger partial charge in [-0.15, -0.1) is 0 Å². The van der Waals surface area contributed by atoms with Crippen molar-refractivity contribution in [2.45, 2.75) is 0 Å². The van der Waals surface area contributed by atoms with E-state index >= 15 is 0 Å².